The Kier molecular flexibility index (Phi) is 8.76. The van der Waals surface area contributed by atoms with E-state index in [0.29, 0.717) is 0 Å². The zero-order valence-corrected chi connectivity index (χ0v) is 34.5. The fourth-order valence-corrected chi connectivity index (χ4v) is 10.1. The van der Waals surface area contributed by atoms with Crippen LogP contribution in [0.4, 0.5) is 17.1 Å². The van der Waals surface area contributed by atoms with Crippen molar-refractivity contribution in [1.29, 1.82) is 0 Å². The van der Waals surface area contributed by atoms with Crippen LogP contribution in [0.3, 0.4) is 0 Å². The molecule has 0 radical (unpaired) electrons. The van der Waals surface area contributed by atoms with E-state index in [4.69, 9.17) is 4.74 Å². The van der Waals surface area contributed by atoms with Crippen LogP contribution in [-0.4, -0.2) is 0 Å². The predicted octanol–water partition coefficient (Wildman–Crippen LogP) is 16.3. The van der Waals surface area contributed by atoms with Crippen LogP contribution in [0.15, 0.2) is 249 Å². The molecule has 12 rings (SSSR count). The van der Waals surface area contributed by atoms with Crippen LogP contribution < -0.4 is 9.64 Å². The highest BCUT2D eigenvalue weighted by Crippen LogP contribution is 2.62. The zero-order valence-electron chi connectivity index (χ0n) is 34.5. The van der Waals surface area contributed by atoms with Gasteiger partial charge in [-0.15, -0.1) is 0 Å². The molecule has 0 N–H and O–H groups in total. The molecule has 0 atom stereocenters. The summed E-state index contributed by atoms with van der Waals surface area (Å²) >= 11 is 0. The zero-order chi connectivity index (χ0) is 41.7. The molecular formula is C61H41NO. The molecule has 1 heterocycles. The van der Waals surface area contributed by atoms with E-state index in [1.165, 1.54) is 66.8 Å². The van der Waals surface area contributed by atoms with Gasteiger partial charge in [0.1, 0.15) is 11.5 Å². The van der Waals surface area contributed by atoms with Crippen molar-refractivity contribution >= 4 is 17.1 Å². The molecule has 0 saturated carbocycles. The Bertz CT molecular complexity index is 3170. The molecule has 1 aliphatic carbocycles. The van der Waals surface area contributed by atoms with Crippen molar-refractivity contribution in [3.63, 3.8) is 0 Å². The van der Waals surface area contributed by atoms with E-state index in [1.807, 2.05) is 0 Å². The first-order valence-corrected chi connectivity index (χ1v) is 21.7. The number of nitrogens with zero attached hydrogens (tertiary/aromatic N) is 1. The minimum absolute atomic E-state index is 0.513. The Labute approximate surface area is 368 Å². The Hall–Kier alpha value is -8.20. The predicted molar refractivity (Wildman–Crippen MR) is 260 cm³/mol. The average Bonchev–Trinajstić information content (AvgIpc) is 3.65. The smallest absolute Gasteiger partial charge is 0.132 e. The van der Waals surface area contributed by atoms with Gasteiger partial charge in [0.15, 0.2) is 0 Å². The van der Waals surface area contributed by atoms with Crippen LogP contribution in [0.2, 0.25) is 0 Å². The summed E-state index contributed by atoms with van der Waals surface area (Å²) < 4.78 is 6.60. The number of fused-ring (bicyclic) bond motifs is 9. The van der Waals surface area contributed by atoms with Gasteiger partial charge in [-0.1, -0.05) is 188 Å². The maximum Gasteiger partial charge on any atom is 0.132 e. The maximum absolute atomic E-state index is 6.60. The Morgan fingerprint density at radius 1 is 0.254 bits per heavy atom. The first kappa shape index (κ1) is 36.6. The number of benzene rings is 10. The third-order valence-electron chi connectivity index (χ3n) is 12.9. The van der Waals surface area contributed by atoms with Gasteiger partial charge >= 0.3 is 0 Å². The normalized spacial score (nSPS) is 12.7. The van der Waals surface area contributed by atoms with Crippen LogP contribution in [0, 0.1) is 0 Å². The topological polar surface area (TPSA) is 12.5 Å². The monoisotopic (exact) mass is 803 g/mol. The lowest BCUT2D eigenvalue weighted by atomic mass is 9.66. The molecule has 10 aromatic carbocycles. The van der Waals surface area contributed by atoms with E-state index >= 15 is 0 Å². The maximum atomic E-state index is 6.60. The third-order valence-corrected chi connectivity index (χ3v) is 12.9. The summed E-state index contributed by atoms with van der Waals surface area (Å²) in [5.41, 5.74) is 19.7. The third kappa shape index (κ3) is 6.10. The molecule has 63 heavy (non-hydrogen) atoms. The van der Waals surface area contributed by atoms with Crippen molar-refractivity contribution in [2.24, 2.45) is 0 Å². The van der Waals surface area contributed by atoms with Crippen molar-refractivity contribution in [3.8, 4) is 67.1 Å². The van der Waals surface area contributed by atoms with Crippen LogP contribution in [0.5, 0.6) is 11.5 Å². The highest BCUT2D eigenvalue weighted by Gasteiger charge is 2.51. The number of hydrogen-bond donors (Lipinski definition) is 0. The summed E-state index contributed by atoms with van der Waals surface area (Å²) in [5.74, 6) is 1.80. The second-order valence-electron chi connectivity index (χ2n) is 16.4. The molecule has 2 aliphatic rings. The minimum Gasteiger partial charge on any atom is -0.457 e. The molecule has 0 amide bonds. The minimum atomic E-state index is -0.513. The second kappa shape index (κ2) is 15.1. The van der Waals surface area contributed by atoms with E-state index in [-0.39, 0.29) is 0 Å². The Morgan fingerprint density at radius 2 is 0.667 bits per heavy atom. The molecular weight excluding hydrogens is 763 g/mol. The number of para-hydroxylation sites is 2. The van der Waals surface area contributed by atoms with E-state index < -0.39 is 5.41 Å². The molecule has 0 unspecified atom stereocenters. The van der Waals surface area contributed by atoms with Gasteiger partial charge in [0, 0.05) is 28.2 Å². The van der Waals surface area contributed by atoms with E-state index in [2.05, 4.69) is 254 Å². The van der Waals surface area contributed by atoms with E-state index in [0.717, 1.165) is 39.7 Å². The van der Waals surface area contributed by atoms with Crippen molar-refractivity contribution < 1.29 is 4.74 Å². The molecule has 296 valence electrons. The van der Waals surface area contributed by atoms with Gasteiger partial charge in [-0.05, 0) is 127 Å². The molecule has 0 fully saturated rings. The molecule has 2 nitrogen and oxygen atoms in total. The van der Waals surface area contributed by atoms with Crippen LogP contribution in [0.25, 0.3) is 55.6 Å². The lowest BCUT2D eigenvalue weighted by molar-refractivity contribution is 0.436. The van der Waals surface area contributed by atoms with Crippen molar-refractivity contribution in [1.82, 2.24) is 0 Å². The molecule has 1 aliphatic heterocycles. The molecule has 0 saturated heterocycles. The lowest BCUT2D eigenvalue weighted by Crippen LogP contribution is -2.32. The molecule has 1 spiro atoms. The number of hydrogen-bond acceptors (Lipinski definition) is 2. The van der Waals surface area contributed by atoms with Gasteiger partial charge in [0.05, 0.1) is 5.41 Å². The summed E-state index contributed by atoms with van der Waals surface area (Å²) in [6.07, 6.45) is 0. The van der Waals surface area contributed by atoms with Gasteiger partial charge in [-0.2, -0.15) is 0 Å². The second-order valence-corrected chi connectivity index (χ2v) is 16.4. The summed E-state index contributed by atoms with van der Waals surface area (Å²) in [6.45, 7) is 0. The fraction of sp³-hybridized carbons (Fsp3) is 0.0164. The van der Waals surface area contributed by atoms with Gasteiger partial charge in [0.25, 0.3) is 0 Å². The highest BCUT2D eigenvalue weighted by atomic mass is 16.5. The summed E-state index contributed by atoms with van der Waals surface area (Å²) in [5, 5.41) is 0. The molecule has 0 aromatic heterocycles. The summed E-state index contributed by atoms with van der Waals surface area (Å²) in [6, 6.07) is 90.0. The number of rotatable bonds is 7. The van der Waals surface area contributed by atoms with Gasteiger partial charge in [0.2, 0.25) is 0 Å². The van der Waals surface area contributed by atoms with E-state index in [1.54, 1.807) is 0 Å². The van der Waals surface area contributed by atoms with Crippen LogP contribution >= 0.6 is 0 Å². The van der Waals surface area contributed by atoms with Crippen molar-refractivity contribution in [2.45, 2.75) is 5.41 Å². The van der Waals surface area contributed by atoms with Gasteiger partial charge in [-0.25, -0.2) is 0 Å². The first-order valence-electron chi connectivity index (χ1n) is 21.7. The standard InChI is InChI=1S/C61H41NO/c1-3-15-42(16-4-1)44-29-34-50(35-30-44)62(51-36-31-45(32-37-51)43-17-5-2-6-18-43)52-22-14-21-48(40-52)46-19-13-20-47(39-46)49-33-38-54-53-23-7-8-24-55(53)61(58(54)41-49)56-25-9-11-27-59(56)63-60-28-12-10-26-57(60)61/h1-41H. The molecule has 0 bridgehead atoms. The SMILES string of the molecule is c1ccc(-c2ccc(N(c3ccc(-c4ccccc4)cc3)c3cccc(-c4cccc(-c5ccc6c(c5)C5(c7ccccc7Oc7ccccc75)c5ccccc5-6)c4)c3)cc2)cc1. The number of anilines is 3. The molecule has 10 aromatic rings. The quantitative estimate of drug-likeness (QED) is 0.159. The van der Waals surface area contributed by atoms with Crippen molar-refractivity contribution in [2.75, 3.05) is 4.90 Å². The lowest BCUT2D eigenvalue weighted by Gasteiger charge is -2.39. The highest BCUT2D eigenvalue weighted by molar-refractivity contribution is 5.91. The fourth-order valence-electron chi connectivity index (χ4n) is 10.1. The first-order chi connectivity index (χ1) is 31.2. The van der Waals surface area contributed by atoms with Crippen LogP contribution in [0.1, 0.15) is 22.3 Å². The number of ether oxygens (including phenoxy) is 1. The Balaban J connectivity index is 0.952. The average molecular weight is 804 g/mol. The summed E-state index contributed by atoms with van der Waals surface area (Å²) in [7, 11) is 0. The van der Waals surface area contributed by atoms with Gasteiger partial charge < -0.3 is 9.64 Å². The Morgan fingerprint density at radius 3 is 1.25 bits per heavy atom. The van der Waals surface area contributed by atoms with E-state index in [9.17, 15) is 0 Å². The van der Waals surface area contributed by atoms with Gasteiger partial charge in [-0.3, -0.25) is 0 Å². The molecule has 2 heteroatoms. The van der Waals surface area contributed by atoms with Crippen LogP contribution in [-0.2, 0) is 5.41 Å². The van der Waals surface area contributed by atoms with Crippen molar-refractivity contribution in [3.05, 3.63) is 271 Å². The largest absolute Gasteiger partial charge is 0.457 e. The summed E-state index contributed by atoms with van der Waals surface area (Å²) in [4.78, 5) is 2.36.